The first-order chi connectivity index (χ1) is 13.0. The second-order valence-corrected chi connectivity index (χ2v) is 8.15. The summed E-state index contributed by atoms with van der Waals surface area (Å²) in [6.07, 6.45) is 4.68. The fourth-order valence-electron chi connectivity index (χ4n) is 3.04. The normalized spacial score (nSPS) is 12.2. The Kier molecular flexibility index (Phi) is 6.40. The number of benzene rings is 1. The third-order valence-electron chi connectivity index (χ3n) is 4.17. The molecule has 5 nitrogen and oxygen atoms in total. The highest BCUT2D eigenvalue weighted by Gasteiger charge is 2.09. The molecule has 0 saturated heterocycles. The van der Waals surface area contributed by atoms with E-state index in [4.69, 9.17) is 4.74 Å². The molecular formula is C21H26N4OS. The number of nitrogens with zero attached hydrogens (tertiary/aromatic N) is 3. The van der Waals surface area contributed by atoms with E-state index in [1.165, 1.54) is 17.8 Å². The number of rotatable bonds is 8. The molecule has 0 spiro atoms. The number of anilines is 2. The molecule has 27 heavy (non-hydrogen) atoms. The van der Waals surface area contributed by atoms with Gasteiger partial charge in [-0.1, -0.05) is 20.8 Å². The lowest BCUT2D eigenvalue weighted by Crippen LogP contribution is -2.11. The van der Waals surface area contributed by atoms with Crippen molar-refractivity contribution in [3.63, 3.8) is 0 Å². The van der Waals surface area contributed by atoms with Gasteiger partial charge in [0.2, 0.25) is 5.95 Å². The van der Waals surface area contributed by atoms with E-state index in [9.17, 15) is 0 Å². The van der Waals surface area contributed by atoms with E-state index in [-0.39, 0.29) is 0 Å². The minimum Gasteiger partial charge on any atom is -0.493 e. The van der Waals surface area contributed by atoms with E-state index in [2.05, 4.69) is 54.0 Å². The minimum atomic E-state index is 0.544. The monoisotopic (exact) mass is 382 g/mol. The molecule has 0 amide bonds. The van der Waals surface area contributed by atoms with Gasteiger partial charge in [0.05, 0.1) is 12.3 Å². The van der Waals surface area contributed by atoms with Crippen molar-refractivity contribution in [2.75, 3.05) is 11.9 Å². The maximum Gasteiger partial charge on any atom is 0.229 e. The molecule has 1 N–H and O–H groups in total. The Morgan fingerprint density at radius 3 is 2.67 bits per heavy atom. The Morgan fingerprint density at radius 2 is 1.96 bits per heavy atom. The molecule has 0 radical (unpaired) electrons. The highest BCUT2D eigenvalue weighted by atomic mass is 32.1. The summed E-state index contributed by atoms with van der Waals surface area (Å²) in [5, 5.41) is 5.82. The molecule has 0 fully saturated rings. The van der Waals surface area contributed by atoms with Crippen molar-refractivity contribution in [3.05, 3.63) is 47.6 Å². The fraction of sp³-hybridized carbons (Fsp3) is 0.381. The second-order valence-electron chi connectivity index (χ2n) is 7.25. The number of nitrogens with one attached hydrogen (secondary N) is 1. The molecular weight excluding hydrogens is 356 g/mol. The highest BCUT2D eigenvalue weighted by molar-refractivity contribution is 7.13. The van der Waals surface area contributed by atoms with Crippen LogP contribution < -0.4 is 10.1 Å². The van der Waals surface area contributed by atoms with Gasteiger partial charge < -0.3 is 10.1 Å². The third kappa shape index (κ3) is 5.50. The predicted octanol–water partition coefficient (Wildman–Crippen LogP) is 5.71. The predicted molar refractivity (Wildman–Crippen MR) is 112 cm³/mol. The van der Waals surface area contributed by atoms with Gasteiger partial charge in [0.25, 0.3) is 0 Å². The minimum absolute atomic E-state index is 0.544. The molecule has 3 aromatic rings. The lowest BCUT2D eigenvalue weighted by atomic mass is 10.00. The summed E-state index contributed by atoms with van der Waals surface area (Å²) in [6.45, 7) is 9.54. The molecule has 142 valence electrons. The average Bonchev–Trinajstić information content (AvgIpc) is 3.13. The van der Waals surface area contributed by atoms with Crippen molar-refractivity contribution in [2.24, 2.45) is 11.8 Å². The van der Waals surface area contributed by atoms with Gasteiger partial charge in [-0.25, -0.2) is 15.0 Å². The first-order valence-electron chi connectivity index (χ1n) is 9.24. The summed E-state index contributed by atoms with van der Waals surface area (Å²) >= 11 is 1.52. The molecule has 1 aromatic carbocycles. The topological polar surface area (TPSA) is 59.9 Å². The lowest BCUT2D eigenvalue weighted by Gasteiger charge is -2.16. The standard InChI is InChI=1S/C21H26N4OS/c1-14(2)11-15(3)13-26-19-6-5-17(12-16(19)4)18-7-8-22-20(24-18)25-21-23-9-10-27-21/h5-10,12,14-15H,11,13H2,1-4H3,(H,22,23,24,25). The summed E-state index contributed by atoms with van der Waals surface area (Å²) in [6, 6.07) is 8.10. The Bertz CT molecular complexity index is 864. The van der Waals surface area contributed by atoms with Crippen LogP contribution in [0, 0.1) is 18.8 Å². The molecule has 1 atom stereocenters. The quantitative estimate of drug-likeness (QED) is 0.540. The van der Waals surface area contributed by atoms with Gasteiger partial charge >= 0.3 is 0 Å². The zero-order valence-electron chi connectivity index (χ0n) is 16.3. The Labute approximate surface area is 164 Å². The Hall–Kier alpha value is -2.47. The number of thiazole rings is 1. The maximum absolute atomic E-state index is 6.03. The number of hydrogen-bond donors (Lipinski definition) is 1. The van der Waals surface area contributed by atoms with Gasteiger partial charge in [0, 0.05) is 23.3 Å². The van der Waals surface area contributed by atoms with E-state index < -0.39 is 0 Å². The Morgan fingerprint density at radius 1 is 1.11 bits per heavy atom. The van der Waals surface area contributed by atoms with E-state index in [0.29, 0.717) is 17.8 Å². The number of aryl methyl sites for hydroxylation is 1. The van der Waals surface area contributed by atoms with Crippen molar-refractivity contribution < 1.29 is 4.74 Å². The van der Waals surface area contributed by atoms with Crippen molar-refractivity contribution in [1.29, 1.82) is 0 Å². The largest absolute Gasteiger partial charge is 0.493 e. The number of hydrogen-bond acceptors (Lipinski definition) is 6. The van der Waals surface area contributed by atoms with Crippen LogP contribution in [-0.4, -0.2) is 21.6 Å². The van der Waals surface area contributed by atoms with E-state index in [0.717, 1.165) is 34.3 Å². The second kappa shape index (κ2) is 8.95. The van der Waals surface area contributed by atoms with Crippen molar-refractivity contribution in [2.45, 2.75) is 34.1 Å². The van der Waals surface area contributed by atoms with Gasteiger partial charge in [-0.05, 0) is 55.0 Å². The van der Waals surface area contributed by atoms with E-state index in [1.807, 2.05) is 23.6 Å². The molecule has 6 heteroatoms. The van der Waals surface area contributed by atoms with E-state index in [1.54, 1.807) is 12.4 Å². The SMILES string of the molecule is Cc1cc(-c2ccnc(Nc3nccs3)n2)ccc1OCC(C)CC(C)C. The lowest BCUT2D eigenvalue weighted by molar-refractivity contribution is 0.238. The van der Waals surface area contributed by atoms with Crippen LogP contribution in [0.15, 0.2) is 42.0 Å². The molecule has 0 aliphatic heterocycles. The van der Waals surface area contributed by atoms with Crippen LogP contribution in [0.3, 0.4) is 0 Å². The first-order valence-corrected chi connectivity index (χ1v) is 10.1. The molecule has 0 saturated carbocycles. The third-order valence-corrected chi connectivity index (χ3v) is 4.86. The van der Waals surface area contributed by atoms with Crippen LogP contribution in [0.25, 0.3) is 11.3 Å². The summed E-state index contributed by atoms with van der Waals surface area (Å²) in [7, 11) is 0. The van der Waals surface area contributed by atoms with Crippen molar-refractivity contribution in [3.8, 4) is 17.0 Å². The highest BCUT2D eigenvalue weighted by Crippen LogP contribution is 2.27. The summed E-state index contributed by atoms with van der Waals surface area (Å²) in [5.41, 5.74) is 3.02. The first kappa shape index (κ1) is 19.3. The summed E-state index contributed by atoms with van der Waals surface area (Å²) < 4.78 is 6.03. The van der Waals surface area contributed by atoms with Crippen LogP contribution in [-0.2, 0) is 0 Å². The van der Waals surface area contributed by atoms with Crippen LogP contribution >= 0.6 is 11.3 Å². The zero-order valence-corrected chi connectivity index (χ0v) is 17.1. The van der Waals surface area contributed by atoms with Gasteiger partial charge in [-0.2, -0.15) is 0 Å². The van der Waals surface area contributed by atoms with Crippen LogP contribution in [0.2, 0.25) is 0 Å². The van der Waals surface area contributed by atoms with Crippen molar-refractivity contribution >= 4 is 22.4 Å². The smallest absolute Gasteiger partial charge is 0.229 e. The van der Waals surface area contributed by atoms with Crippen molar-refractivity contribution in [1.82, 2.24) is 15.0 Å². The Balaban J connectivity index is 1.70. The number of ether oxygens (including phenoxy) is 1. The van der Waals surface area contributed by atoms with Gasteiger partial charge in [0.1, 0.15) is 5.75 Å². The molecule has 0 bridgehead atoms. The van der Waals surface area contributed by atoms with E-state index >= 15 is 0 Å². The van der Waals surface area contributed by atoms with Crippen LogP contribution in [0.1, 0.15) is 32.8 Å². The molecule has 1 unspecified atom stereocenters. The molecule has 0 aliphatic carbocycles. The maximum atomic E-state index is 6.03. The molecule has 0 aliphatic rings. The van der Waals surface area contributed by atoms with Gasteiger partial charge in [0.15, 0.2) is 5.13 Å². The zero-order chi connectivity index (χ0) is 19.2. The molecule has 2 aromatic heterocycles. The average molecular weight is 383 g/mol. The summed E-state index contributed by atoms with van der Waals surface area (Å²) in [5.74, 6) is 2.72. The number of aromatic nitrogens is 3. The van der Waals surface area contributed by atoms with Crippen LogP contribution in [0.5, 0.6) is 5.75 Å². The van der Waals surface area contributed by atoms with Crippen LogP contribution in [0.4, 0.5) is 11.1 Å². The molecule has 3 rings (SSSR count). The van der Waals surface area contributed by atoms with Gasteiger partial charge in [-0.3, -0.25) is 0 Å². The summed E-state index contributed by atoms with van der Waals surface area (Å²) in [4.78, 5) is 13.1. The fourth-order valence-corrected chi connectivity index (χ4v) is 3.56. The molecule has 2 heterocycles. The van der Waals surface area contributed by atoms with Gasteiger partial charge in [-0.15, -0.1) is 11.3 Å².